The van der Waals surface area contributed by atoms with Crippen molar-refractivity contribution in [2.75, 3.05) is 0 Å². The second-order valence-corrected chi connectivity index (χ2v) is 3.72. The summed E-state index contributed by atoms with van der Waals surface area (Å²) in [4.78, 5) is 22.3. The Balaban J connectivity index is 2.26. The second-order valence-electron chi connectivity index (χ2n) is 3.72. The highest BCUT2D eigenvalue weighted by atomic mass is 16.6. The number of ether oxygens (including phenoxy) is 1. The van der Waals surface area contributed by atoms with Gasteiger partial charge in [0.05, 0.1) is 11.8 Å². The van der Waals surface area contributed by atoms with Crippen LogP contribution in [0.3, 0.4) is 0 Å². The van der Waals surface area contributed by atoms with E-state index in [1.165, 1.54) is 0 Å². The van der Waals surface area contributed by atoms with Crippen molar-refractivity contribution < 1.29 is 14.3 Å². The summed E-state index contributed by atoms with van der Waals surface area (Å²) in [5, 5.41) is 0. The highest BCUT2D eigenvalue weighted by Gasteiger charge is 2.56. The fraction of sp³-hybridized carbons (Fsp3) is 0.778. The van der Waals surface area contributed by atoms with E-state index in [2.05, 4.69) is 4.74 Å². The quantitative estimate of drug-likeness (QED) is 0.460. The Labute approximate surface area is 71.1 Å². The summed E-state index contributed by atoms with van der Waals surface area (Å²) in [6.45, 7) is 1.96. The minimum Gasteiger partial charge on any atom is -0.393 e. The molecule has 0 amide bonds. The van der Waals surface area contributed by atoms with Crippen molar-refractivity contribution in [3.63, 3.8) is 0 Å². The lowest BCUT2D eigenvalue weighted by atomic mass is 9.79. The van der Waals surface area contributed by atoms with Crippen LogP contribution in [0.15, 0.2) is 0 Å². The Kier molecular flexibility index (Phi) is 1.50. The Hall–Kier alpha value is -0.860. The standard InChI is InChI=1S/C9H12O3/c1-2-9(6-3-4-6)5-7(10)12-8(9)11/h6H,2-5H2,1H3. The highest BCUT2D eigenvalue weighted by Crippen LogP contribution is 2.53. The van der Waals surface area contributed by atoms with Crippen molar-refractivity contribution in [1.82, 2.24) is 0 Å². The maximum absolute atomic E-state index is 11.4. The maximum Gasteiger partial charge on any atom is 0.320 e. The molecular weight excluding hydrogens is 156 g/mol. The molecule has 1 atom stereocenters. The topological polar surface area (TPSA) is 43.4 Å². The molecular formula is C9H12O3. The molecule has 2 fully saturated rings. The van der Waals surface area contributed by atoms with Gasteiger partial charge in [-0.05, 0) is 25.2 Å². The summed E-state index contributed by atoms with van der Waals surface area (Å²) < 4.78 is 4.59. The van der Waals surface area contributed by atoms with E-state index in [0.717, 1.165) is 19.3 Å². The molecule has 3 heteroatoms. The molecule has 0 radical (unpaired) electrons. The van der Waals surface area contributed by atoms with Crippen LogP contribution in [0.1, 0.15) is 32.6 Å². The normalized spacial score (nSPS) is 35.4. The Bertz CT molecular complexity index is 242. The van der Waals surface area contributed by atoms with Crippen molar-refractivity contribution in [1.29, 1.82) is 0 Å². The molecule has 0 aromatic rings. The first kappa shape index (κ1) is 7.77. The lowest BCUT2D eigenvalue weighted by Gasteiger charge is -2.20. The summed E-state index contributed by atoms with van der Waals surface area (Å²) in [5.74, 6) is -0.201. The first-order chi connectivity index (χ1) is 5.69. The molecule has 1 saturated heterocycles. The van der Waals surface area contributed by atoms with Crippen LogP contribution in [0.25, 0.3) is 0 Å². The molecule has 3 nitrogen and oxygen atoms in total. The van der Waals surface area contributed by atoms with E-state index < -0.39 is 5.41 Å². The van der Waals surface area contributed by atoms with Gasteiger partial charge in [-0.15, -0.1) is 0 Å². The summed E-state index contributed by atoms with van der Waals surface area (Å²) in [6.07, 6.45) is 3.21. The van der Waals surface area contributed by atoms with Crippen LogP contribution in [0, 0.1) is 11.3 Å². The summed E-state index contributed by atoms with van der Waals surface area (Å²) in [5.41, 5.74) is -0.433. The molecule has 1 heterocycles. The van der Waals surface area contributed by atoms with E-state index in [4.69, 9.17) is 0 Å². The molecule has 66 valence electrons. The fourth-order valence-electron chi connectivity index (χ4n) is 2.08. The first-order valence-electron chi connectivity index (χ1n) is 4.44. The third-order valence-corrected chi connectivity index (χ3v) is 3.06. The minimum atomic E-state index is -0.433. The fourth-order valence-corrected chi connectivity index (χ4v) is 2.08. The van der Waals surface area contributed by atoms with Gasteiger partial charge in [-0.25, -0.2) is 0 Å². The Morgan fingerprint density at radius 3 is 2.50 bits per heavy atom. The molecule has 0 aromatic carbocycles. The molecule has 1 aliphatic heterocycles. The maximum atomic E-state index is 11.4. The van der Waals surface area contributed by atoms with Crippen LogP contribution >= 0.6 is 0 Å². The average Bonchev–Trinajstić information content (AvgIpc) is 2.79. The molecule has 1 unspecified atom stereocenters. The lowest BCUT2D eigenvalue weighted by Crippen LogP contribution is -2.27. The smallest absolute Gasteiger partial charge is 0.320 e. The van der Waals surface area contributed by atoms with E-state index in [9.17, 15) is 9.59 Å². The predicted octanol–water partition coefficient (Wildman–Crippen LogP) is 1.27. The predicted molar refractivity (Wildman–Crippen MR) is 41.2 cm³/mol. The van der Waals surface area contributed by atoms with Crippen molar-refractivity contribution >= 4 is 11.9 Å². The summed E-state index contributed by atoms with van der Waals surface area (Å²) in [7, 11) is 0. The minimum absolute atomic E-state index is 0.280. The van der Waals surface area contributed by atoms with E-state index in [0.29, 0.717) is 12.3 Å². The molecule has 2 aliphatic rings. The van der Waals surface area contributed by atoms with Crippen LogP contribution < -0.4 is 0 Å². The molecule has 12 heavy (non-hydrogen) atoms. The number of cyclic esters (lactones) is 2. The van der Waals surface area contributed by atoms with E-state index in [-0.39, 0.29) is 11.9 Å². The SMILES string of the molecule is CCC1(C2CC2)CC(=O)OC1=O. The van der Waals surface area contributed by atoms with Gasteiger partial charge in [-0.3, -0.25) is 9.59 Å². The zero-order valence-electron chi connectivity index (χ0n) is 7.13. The number of carbonyl (C=O) groups is 2. The van der Waals surface area contributed by atoms with Crippen molar-refractivity contribution in [3.8, 4) is 0 Å². The molecule has 1 saturated carbocycles. The number of hydrogen-bond donors (Lipinski definition) is 0. The Morgan fingerprint density at radius 1 is 1.50 bits per heavy atom. The monoisotopic (exact) mass is 168 g/mol. The van der Waals surface area contributed by atoms with Gasteiger partial charge >= 0.3 is 11.9 Å². The zero-order chi connectivity index (χ0) is 8.77. The van der Waals surface area contributed by atoms with Gasteiger partial charge < -0.3 is 4.74 Å². The van der Waals surface area contributed by atoms with Gasteiger partial charge in [0.15, 0.2) is 0 Å². The Morgan fingerprint density at radius 2 is 2.17 bits per heavy atom. The number of hydrogen-bond acceptors (Lipinski definition) is 3. The molecule has 2 rings (SSSR count). The van der Waals surface area contributed by atoms with Gasteiger partial charge in [0.1, 0.15) is 0 Å². The number of carbonyl (C=O) groups excluding carboxylic acids is 2. The van der Waals surface area contributed by atoms with Crippen LogP contribution in [-0.2, 0) is 14.3 Å². The molecule has 1 aliphatic carbocycles. The number of esters is 2. The van der Waals surface area contributed by atoms with Crippen molar-refractivity contribution in [2.45, 2.75) is 32.6 Å². The second kappa shape index (κ2) is 2.31. The average molecular weight is 168 g/mol. The van der Waals surface area contributed by atoms with Gasteiger partial charge in [0.25, 0.3) is 0 Å². The van der Waals surface area contributed by atoms with E-state index in [1.807, 2.05) is 6.92 Å². The largest absolute Gasteiger partial charge is 0.393 e. The number of rotatable bonds is 2. The molecule has 0 spiro atoms. The van der Waals surface area contributed by atoms with E-state index >= 15 is 0 Å². The van der Waals surface area contributed by atoms with Gasteiger partial charge in [-0.1, -0.05) is 6.92 Å². The van der Waals surface area contributed by atoms with Crippen LogP contribution in [0.2, 0.25) is 0 Å². The van der Waals surface area contributed by atoms with E-state index in [1.54, 1.807) is 0 Å². The molecule has 0 N–H and O–H groups in total. The van der Waals surface area contributed by atoms with Crippen LogP contribution in [0.5, 0.6) is 0 Å². The first-order valence-corrected chi connectivity index (χ1v) is 4.44. The molecule has 0 aromatic heterocycles. The zero-order valence-corrected chi connectivity index (χ0v) is 7.13. The van der Waals surface area contributed by atoms with Crippen LogP contribution in [0.4, 0.5) is 0 Å². The van der Waals surface area contributed by atoms with Crippen molar-refractivity contribution in [3.05, 3.63) is 0 Å². The third-order valence-electron chi connectivity index (χ3n) is 3.06. The van der Waals surface area contributed by atoms with Crippen LogP contribution in [-0.4, -0.2) is 11.9 Å². The van der Waals surface area contributed by atoms with Gasteiger partial charge in [0.2, 0.25) is 0 Å². The third kappa shape index (κ3) is 0.886. The molecule has 0 bridgehead atoms. The van der Waals surface area contributed by atoms with Gasteiger partial charge in [0, 0.05) is 0 Å². The lowest BCUT2D eigenvalue weighted by molar-refractivity contribution is -0.155. The summed E-state index contributed by atoms with van der Waals surface area (Å²) in [6, 6.07) is 0. The summed E-state index contributed by atoms with van der Waals surface area (Å²) >= 11 is 0. The highest BCUT2D eigenvalue weighted by molar-refractivity contribution is 5.97. The van der Waals surface area contributed by atoms with Crippen molar-refractivity contribution in [2.24, 2.45) is 11.3 Å². The van der Waals surface area contributed by atoms with Gasteiger partial charge in [-0.2, -0.15) is 0 Å².